The second-order valence-electron chi connectivity index (χ2n) is 4.78. The molecule has 0 bridgehead atoms. The summed E-state index contributed by atoms with van der Waals surface area (Å²) in [6, 6.07) is -0.129. The zero-order valence-electron chi connectivity index (χ0n) is 10.0. The summed E-state index contributed by atoms with van der Waals surface area (Å²) < 4.78 is 0. The molecule has 0 spiro atoms. The van der Waals surface area contributed by atoms with Gasteiger partial charge < -0.3 is 5.73 Å². The Morgan fingerprint density at radius 2 is 2.06 bits per heavy atom. The van der Waals surface area contributed by atoms with Gasteiger partial charge in [0, 0.05) is 25.6 Å². The number of carbonyl (C=O) groups excluding carboxylic acids is 2. The van der Waals surface area contributed by atoms with Crippen molar-refractivity contribution in [3.05, 3.63) is 0 Å². The molecule has 0 heterocycles. The molecule has 5 nitrogen and oxygen atoms in total. The summed E-state index contributed by atoms with van der Waals surface area (Å²) in [4.78, 5) is 24.0. The van der Waals surface area contributed by atoms with Crippen LogP contribution in [0.1, 0.15) is 33.1 Å². The Labute approximate surface area is 96.4 Å². The smallest absolute Gasteiger partial charge is 0.318 e. The lowest BCUT2D eigenvalue weighted by Gasteiger charge is -2.23. The van der Waals surface area contributed by atoms with Crippen molar-refractivity contribution in [1.82, 2.24) is 10.2 Å². The molecule has 1 aliphatic rings. The van der Waals surface area contributed by atoms with Crippen LogP contribution in [0.15, 0.2) is 0 Å². The van der Waals surface area contributed by atoms with Crippen molar-refractivity contribution < 1.29 is 9.59 Å². The molecule has 1 rings (SSSR count). The van der Waals surface area contributed by atoms with Crippen LogP contribution in [0.2, 0.25) is 0 Å². The summed E-state index contributed by atoms with van der Waals surface area (Å²) in [5.41, 5.74) is 4.87. The van der Waals surface area contributed by atoms with Gasteiger partial charge in [-0.2, -0.15) is 0 Å². The van der Waals surface area contributed by atoms with Gasteiger partial charge in [0.05, 0.1) is 0 Å². The molecular formula is C11H21N3O2. The minimum atomic E-state index is -0.771. The van der Waals surface area contributed by atoms with E-state index in [2.05, 4.69) is 24.1 Å². The molecular weight excluding hydrogens is 206 g/mol. The maximum atomic E-state index is 11.2. The van der Waals surface area contributed by atoms with Gasteiger partial charge in [-0.25, -0.2) is 4.79 Å². The molecule has 0 radical (unpaired) electrons. The van der Waals surface area contributed by atoms with E-state index in [0.717, 1.165) is 6.54 Å². The predicted octanol–water partition coefficient (Wildman–Crippen LogP) is 0.692. The van der Waals surface area contributed by atoms with Crippen LogP contribution in [0.25, 0.3) is 0 Å². The maximum Gasteiger partial charge on any atom is 0.318 e. The minimum absolute atomic E-state index is 0.290. The van der Waals surface area contributed by atoms with E-state index in [4.69, 9.17) is 5.73 Å². The first kappa shape index (κ1) is 13.0. The highest BCUT2D eigenvalue weighted by molar-refractivity contribution is 5.93. The van der Waals surface area contributed by atoms with Gasteiger partial charge in [0.1, 0.15) is 0 Å². The Bertz CT molecular complexity index is 262. The standard InChI is InChI=1S/C11H21N3O2/c1-8(2)7-14(9-3-4-9)6-5-10(15)13-11(12)16/h8-9H,3-7H2,1-2H3,(H3,12,13,15,16). The molecule has 0 unspecified atom stereocenters. The van der Waals surface area contributed by atoms with Gasteiger partial charge in [0.25, 0.3) is 0 Å². The Kier molecular flexibility index (Phi) is 4.73. The fourth-order valence-electron chi connectivity index (χ4n) is 1.78. The normalized spacial score (nSPS) is 15.5. The van der Waals surface area contributed by atoms with Gasteiger partial charge in [-0.3, -0.25) is 15.0 Å². The second kappa shape index (κ2) is 5.84. The third-order valence-corrected chi connectivity index (χ3v) is 2.55. The Hall–Kier alpha value is -1.10. The first-order chi connectivity index (χ1) is 7.49. The summed E-state index contributed by atoms with van der Waals surface area (Å²) in [5, 5.41) is 2.08. The van der Waals surface area contributed by atoms with Crippen LogP contribution in [-0.2, 0) is 4.79 Å². The summed E-state index contributed by atoms with van der Waals surface area (Å²) >= 11 is 0. The number of amides is 3. The fraction of sp³-hybridized carbons (Fsp3) is 0.818. The average Bonchev–Trinajstić information content (AvgIpc) is 2.93. The number of hydrogen-bond acceptors (Lipinski definition) is 3. The highest BCUT2D eigenvalue weighted by atomic mass is 16.2. The number of nitrogens with two attached hydrogens (primary N) is 1. The van der Waals surface area contributed by atoms with E-state index in [9.17, 15) is 9.59 Å². The van der Waals surface area contributed by atoms with E-state index < -0.39 is 6.03 Å². The van der Waals surface area contributed by atoms with Crippen molar-refractivity contribution in [2.24, 2.45) is 11.7 Å². The van der Waals surface area contributed by atoms with E-state index in [1.165, 1.54) is 12.8 Å². The zero-order chi connectivity index (χ0) is 12.1. The molecule has 0 aliphatic heterocycles. The van der Waals surface area contributed by atoms with E-state index in [1.807, 2.05) is 0 Å². The second-order valence-corrected chi connectivity index (χ2v) is 4.78. The van der Waals surface area contributed by atoms with Gasteiger partial charge in [-0.05, 0) is 18.8 Å². The van der Waals surface area contributed by atoms with Gasteiger partial charge in [0.2, 0.25) is 5.91 Å². The van der Waals surface area contributed by atoms with Crippen molar-refractivity contribution in [3.8, 4) is 0 Å². The summed E-state index contributed by atoms with van der Waals surface area (Å²) in [5.74, 6) is 0.307. The summed E-state index contributed by atoms with van der Waals surface area (Å²) in [6.45, 7) is 6.05. The summed E-state index contributed by atoms with van der Waals surface area (Å²) in [6.07, 6.45) is 2.79. The predicted molar refractivity (Wildman–Crippen MR) is 61.8 cm³/mol. The molecule has 0 aromatic carbocycles. The monoisotopic (exact) mass is 227 g/mol. The number of urea groups is 1. The number of nitrogens with zero attached hydrogens (tertiary/aromatic N) is 1. The average molecular weight is 227 g/mol. The van der Waals surface area contributed by atoms with Gasteiger partial charge in [-0.1, -0.05) is 13.8 Å². The quantitative estimate of drug-likeness (QED) is 0.701. The van der Waals surface area contributed by atoms with Crippen LogP contribution < -0.4 is 11.1 Å². The highest BCUT2D eigenvalue weighted by Crippen LogP contribution is 2.27. The van der Waals surface area contributed by atoms with Crippen molar-refractivity contribution in [3.63, 3.8) is 0 Å². The fourth-order valence-corrected chi connectivity index (χ4v) is 1.78. The van der Waals surface area contributed by atoms with Gasteiger partial charge in [-0.15, -0.1) is 0 Å². The number of carbonyl (C=O) groups is 2. The lowest BCUT2D eigenvalue weighted by atomic mass is 10.2. The van der Waals surface area contributed by atoms with Crippen molar-refractivity contribution >= 4 is 11.9 Å². The molecule has 0 atom stereocenters. The maximum absolute atomic E-state index is 11.2. The first-order valence-electron chi connectivity index (χ1n) is 5.82. The van der Waals surface area contributed by atoms with Crippen LogP contribution >= 0.6 is 0 Å². The lowest BCUT2D eigenvalue weighted by molar-refractivity contribution is -0.120. The molecule has 3 N–H and O–H groups in total. The Morgan fingerprint density at radius 3 is 2.50 bits per heavy atom. The van der Waals surface area contributed by atoms with Crippen molar-refractivity contribution in [1.29, 1.82) is 0 Å². The molecule has 1 aliphatic carbocycles. The molecule has 16 heavy (non-hydrogen) atoms. The molecule has 0 aromatic heterocycles. The van der Waals surface area contributed by atoms with E-state index in [1.54, 1.807) is 0 Å². The minimum Gasteiger partial charge on any atom is -0.351 e. The molecule has 0 aromatic rings. The molecule has 1 fully saturated rings. The van der Waals surface area contributed by atoms with Crippen LogP contribution in [0.3, 0.4) is 0 Å². The Morgan fingerprint density at radius 1 is 1.44 bits per heavy atom. The van der Waals surface area contributed by atoms with Crippen LogP contribution in [0, 0.1) is 5.92 Å². The first-order valence-corrected chi connectivity index (χ1v) is 5.82. The number of rotatable bonds is 6. The Balaban J connectivity index is 2.26. The third-order valence-electron chi connectivity index (χ3n) is 2.55. The van der Waals surface area contributed by atoms with Gasteiger partial charge in [0.15, 0.2) is 0 Å². The van der Waals surface area contributed by atoms with Crippen LogP contribution in [-0.4, -0.2) is 36.0 Å². The zero-order valence-corrected chi connectivity index (χ0v) is 10.0. The number of hydrogen-bond donors (Lipinski definition) is 2. The largest absolute Gasteiger partial charge is 0.351 e. The SMILES string of the molecule is CC(C)CN(CCC(=O)NC(N)=O)C1CC1. The molecule has 1 saturated carbocycles. The molecule has 5 heteroatoms. The van der Waals surface area contributed by atoms with Gasteiger partial charge >= 0.3 is 6.03 Å². The van der Waals surface area contributed by atoms with Crippen molar-refractivity contribution in [2.75, 3.05) is 13.1 Å². The topological polar surface area (TPSA) is 75.4 Å². The highest BCUT2D eigenvalue weighted by Gasteiger charge is 2.29. The molecule has 92 valence electrons. The number of primary amides is 1. The number of nitrogens with one attached hydrogen (secondary N) is 1. The molecule has 3 amide bonds. The third kappa shape index (κ3) is 5.11. The van der Waals surface area contributed by atoms with Crippen LogP contribution in [0.4, 0.5) is 4.79 Å². The number of imide groups is 1. The lowest BCUT2D eigenvalue weighted by Crippen LogP contribution is -2.38. The van der Waals surface area contributed by atoms with Crippen LogP contribution in [0.5, 0.6) is 0 Å². The van der Waals surface area contributed by atoms with Crippen molar-refractivity contribution in [2.45, 2.75) is 39.2 Å². The van der Waals surface area contributed by atoms with E-state index in [0.29, 0.717) is 24.9 Å². The van der Waals surface area contributed by atoms with E-state index >= 15 is 0 Å². The molecule has 0 saturated heterocycles. The van der Waals surface area contributed by atoms with E-state index in [-0.39, 0.29) is 5.91 Å². The summed E-state index contributed by atoms with van der Waals surface area (Å²) in [7, 11) is 0.